The zero-order valence-corrected chi connectivity index (χ0v) is 7.77. The smallest absolute Gasteiger partial charge is 0.275 e. The first-order valence-corrected chi connectivity index (χ1v) is 4.29. The maximum absolute atomic E-state index is 11.2. The highest BCUT2D eigenvalue weighted by Gasteiger charge is 2.02. The summed E-state index contributed by atoms with van der Waals surface area (Å²) in [6.07, 6.45) is 1.64. The molecule has 0 unspecified atom stereocenters. The minimum Gasteiger partial charge on any atom is -0.323 e. The van der Waals surface area contributed by atoms with Crippen LogP contribution < -0.4 is 16.8 Å². The van der Waals surface area contributed by atoms with Gasteiger partial charge in [0.2, 0.25) is 5.95 Å². The van der Waals surface area contributed by atoms with Crippen molar-refractivity contribution in [2.45, 2.75) is 0 Å². The van der Waals surface area contributed by atoms with Crippen molar-refractivity contribution in [1.82, 2.24) is 15.0 Å². The van der Waals surface area contributed by atoms with E-state index in [-0.39, 0.29) is 11.5 Å². The van der Waals surface area contributed by atoms with Gasteiger partial charge in [0.1, 0.15) is 0 Å². The summed E-state index contributed by atoms with van der Waals surface area (Å²) in [5.41, 5.74) is 3.14. The summed E-state index contributed by atoms with van der Waals surface area (Å²) < 4.78 is 0. The lowest BCUT2D eigenvalue weighted by Crippen LogP contribution is -2.16. The number of hydrogen-bond acceptors (Lipinski definition) is 5. The van der Waals surface area contributed by atoms with Crippen molar-refractivity contribution in [2.24, 2.45) is 5.84 Å². The van der Waals surface area contributed by atoms with Gasteiger partial charge in [0.05, 0.1) is 11.4 Å². The van der Waals surface area contributed by atoms with Crippen LogP contribution in [0.15, 0.2) is 35.3 Å². The molecular weight excluding hydrogens is 194 g/mol. The van der Waals surface area contributed by atoms with Gasteiger partial charge in [-0.3, -0.25) is 15.2 Å². The molecule has 0 amide bonds. The first-order chi connectivity index (χ1) is 7.29. The number of aromatic nitrogens is 3. The molecule has 0 atom stereocenters. The number of rotatable bonds is 2. The number of nitrogen functional groups attached to an aromatic ring is 1. The van der Waals surface area contributed by atoms with Crippen molar-refractivity contribution >= 4 is 5.95 Å². The molecule has 0 fully saturated rings. The molecule has 0 radical (unpaired) electrons. The highest BCUT2D eigenvalue weighted by molar-refractivity contribution is 5.54. The van der Waals surface area contributed by atoms with Gasteiger partial charge in [-0.1, -0.05) is 6.07 Å². The van der Waals surface area contributed by atoms with E-state index in [4.69, 9.17) is 5.84 Å². The normalized spacial score (nSPS) is 9.93. The first-order valence-electron chi connectivity index (χ1n) is 4.29. The summed E-state index contributed by atoms with van der Waals surface area (Å²) in [5.74, 6) is 5.37. The average molecular weight is 203 g/mol. The summed E-state index contributed by atoms with van der Waals surface area (Å²) in [6.45, 7) is 0. The second-order valence-electron chi connectivity index (χ2n) is 2.84. The molecule has 2 heterocycles. The number of pyridine rings is 1. The van der Waals surface area contributed by atoms with Crippen LogP contribution >= 0.6 is 0 Å². The molecule has 4 N–H and O–H groups in total. The summed E-state index contributed by atoms with van der Waals surface area (Å²) in [7, 11) is 0. The van der Waals surface area contributed by atoms with Gasteiger partial charge in [-0.25, -0.2) is 5.84 Å². The van der Waals surface area contributed by atoms with Crippen LogP contribution in [0.5, 0.6) is 0 Å². The number of hydrogen-bond donors (Lipinski definition) is 3. The van der Waals surface area contributed by atoms with E-state index < -0.39 is 0 Å². The third-order valence-electron chi connectivity index (χ3n) is 1.82. The molecule has 0 aromatic carbocycles. The Hall–Kier alpha value is -2.21. The van der Waals surface area contributed by atoms with Crippen LogP contribution in [0, 0.1) is 0 Å². The van der Waals surface area contributed by atoms with Gasteiger partial charge < -0.3 is 4.98 Å². The number of nitrogens with two attached hydrogens (primary N) is 1. The summed E-state index contributed by atoms with van der Waals surface area (Å²) in [5, 5.41) is 0. The highest BCUT2D eigenvalue weighted by atomic mass is 16.1. The van der Waals surface area contributed by atoms with E-state index in [1.807, 2.05) is 6.07 Å². The SMILES string of the molecule is NNc1nc(=O)cc(-c2ccccn2)[nH]1. The van der Waals surface area contributed by atoms with Crippen molar-refractivity contribution in [2.75, 3.05) is 5.43 Å². The van der Waals surface area contributed by atoms with Crippen LogP contribution in [-0.2, 0) is 0 Å². The predicted octanol–water partition coefficient (Wildman–Crippen LogP) is 0.117. The fourth-order valence-electron chi connectivity index (χ4n) is 1.19. The van der Waals surface area contributed by atoms with Crippen molar-refractivity contribution in [3.8, 4) is 11.4 Å². The quantitative estimate of drug-likeness (QED) is 0.475. The van der Waals surface area contributed by atoms with E-state index in [0.717, 1.165) is 0 Å². The molecule has 0 aliphatic carbocycles. The standard InChI is InChI=1S/C9H9N5O/c10-14-9-12-7(5-8(15)13-9)6-3-1-2-4-11-6/h1-5H,10H2,(H2,12,13,14,15). The fourth-order valence-corrected chi connectivity index (χ4v) is 1.19. The van der Waals surface area contributed by atoms with E-state index in [1.54, 1.807) is 18.3 Å². The molecule has 0 spiro atoms. The number of anilines is 1. The van der Waals surface area contributed by atoms with E-state index in [2.05, 4.69) is 20.4 Å². The number of hydrazine groups is 1. The molecule has 0 bridgehead atoms. The van der Waals surface area contributed by atoms with Crippen LogP contribution in [0.25, 0.3) is 11.4 Å². The van der Waals surface area contributed by atoms with Crippen LogP contribution in [0.3, 0.4) is 0 Å². The molecule has 2 rings (SSSR count). The number of nitrogens with one attached hydrogen (secondary N) is 2. The Morgan fingerprint density at radius 1 is 1.40 bits per heavy atom. The summed E-state index contributed by atoms with van der Waals surface area (Å²) in [4.78, 5) is 21.7. The molecule has 0 saturated heterocycles. The highest BCUT2D eigenvalue weighted by Crippen LogP contribution is 2.11. The molecule has 6 nitrogen and oxygen atoms in total. The second-order valence-corrected chi connectivity index (χ2v) is 2.84. The van der Waals surface area contributed by atoms with Gasteiger partial charge >= 0.3 is 0 Å². The molecule has 15 heavy (non-hydrogen) atoms. The third-order valence-corrected chi connectivity index (χ3v) is 1.82. The maximum atomic E-state index is 11.2. The zero-order chi connectivity index (χ0) is 10.7. The minimum atomic E-state index is -0.373. The van der Waals surface area contributed by atoms with E-state index in [9.17, 15) is 4.79 Å². The van der Waals surface area contributed by atoms with Crippen molar-refractivity contribution in [1.29, 1.82) is 0 Å². The lowest BCUT2D eigenvalue weighted by molar-refractivity contribution is 1.08. The summed E-state index contributed by atoms with van der Waals surface area (Å²) in [6, 6.07) is 6.77. The Labute approximate surface area is 85.2 Å². The molecule has 0 aliphatic heterocycles. The van der Waals surface area contributed by atoms with Crippen LogP contribution in [0.1, 0.15) is 0 Å². The van der Waals surface area contributed by atoms with Crippen molar-refractivity contribution in [3.05, 3.63) is 40.8 Å². The van der Waals surface area contributed by atoms with Crippen LogP contribution in [0.4, 0.5) is 5.95 Å². The van der Waals surface area contributed by atoms with Gasteiger partial charge in [0.25, 0.3) is 5.56 Å². The lowest BCUT2D eigenvalue weighted by atomic mass is 10.2. The van der Waals surface area contributed by atoms with Gasteiger partial charge in [-0.05, 0) is 12.1 Å². The van der Waals surface area contributed by atoms with Crippen LogP contribution in [0.2, 0.25) is 0 Å². The first kappa shape index (κ1) is 9.35. The monoisotopic (exact) mass is 203 g/mol. The number of H-pyrrole nitrogens is 1. The van der Waals surface area contributed by atoms with Gasteiger partial charge in [0.15, 0.2) is 0 Å². The molecule has 2 aromatic rings. The van der Waals surface area contributed by atoms with Gasteiger partial charge in [-0.15, -0.1) is 0 Å². The van der Waals surface area contributed by atoms with Gasteiger partial charge in [0, 0.05) is 12.3 Å². The molecule has 0 aliphatic rings. The Morgan fingerprint density at radius 3 is 2.93 bits per heavy atom. The maximum Gasteiger partial charge on any atom is 0.275 e. The van der Waals surface area contributed by atoms with E-state index >= 15 is 0 Å². The van der Waals surface area contributed by atoms with Gasteiger partial charge in [-0.2, -0.15) is 4.98 Å². The molecule has 2 aromatic heterocycles. The largest absolute Gasteiger partial charge is 0.323 e. The van der Waals surface area contributed by atoms with E-state index in [1.165, 1.54) is 6.07 Å². The predicted molar refractivity (Wildman–Crippen MR) is 55.9 cm³/mol. The topological polar surface area (TPSA) is 96.7 Å². The van der Waals surface area contributed by atoms with Crippen molar-refractivity contribution < 1.29 is 0 Å². The Bertz CT molecular complexity index is 507. The fraction of sp³-hybridized carbons (Fsp3) is 0. The second kappa shape index (κ2) is 3.89. The number of aromatic amines is 1. The third kappa shape index (κ3) is 2.00. The molecular formula is C9H9N5O. The Balaban J connectivity index is 2.54. The molecule has 6 heteroatoms. The lowest BCUT2D eigenvalue weighted by Gasteiger charge is -2.02. The number of nitrogens with zero attached hydrogens (tertiary/aromatic N) is 2. The zero-order valence-electron chi connectivity index (χ0n) is 7.77. The molecule has 76 valence electrons. The Morgan fingerprint density at radius 2 is 2.27 bits per heavy atom. The minimum absolute atomic E-state index is 0.211. The summed E-state index contributed by atoms with van der Waals surface area (Å²) >= 11 is 0. The average Bonchev–Trinajstić information content (AvgIpc) is 2.29. The Kier molecular flexibility index (Phi) is 2.42. The van der Waals surface area contributed by atoms with E-state index in [0.29, 0.717) is 11.4 Å². The molecule has 0 saturated carbocycles. The van der Waals surface area contributed by atoms with Crippen LogP contribution in [-0.4, -0.2) is 15.0 Å². The van der Waals surface area contributed by atoms with Crippen molar-refractivity contribution in [3.63, 3.8) is 0 Å².